The molecule has 0 amide bonds. The lowest BCUT2D eigenvalue weighted by atomic mass is 10.2. The van der Waals surface area contributed by atoms with Crippen molar-refractivity contribution in [3.63, 3.8) is 0 Å². The van der Waals surface area contributed by atoms with Gasteiger partial charge in [-0.1, -0.05) is 28.9 Å². The molecule has 0 saturated heterocycles. The smallest absolute Gasteiger partial charge is 0.225 e. The van der Waals surface area contributed by atoms with E-state index in [-0.39, 0.29) is 0 Å². The van der Waals surface area contributed by atoms with Crippen molar-refractivity contribution >= 4 is 32.8 Å². The van der Waals surface area contributed by atoms with Gasteiger partial charge in [0.1, 0.15) is 0 Å². The van der Waals surface area contributed by atoms with Gasteiger partial charge in [-0.25, -0.2) is 9.97 Å². The molecule has 0 atom stereocenters. The topological polar surface area (TPSA) is 29.0 Å². The predicted molar refractivity (Wildman–Crippen MR) is 70.8 cm³/mol. The van der Waals surface area contributed by atoms with Crippen LogP contribution in [0.4, 0.5) is 5.95 Å². The van der Waals surface area contributed by atoms with Crippen LogP contribution in [0.2, 0.25) is 0 Å². The molecule has 0 spiro atoms. The second-order valence-electron chi connectivity index (χ2n) is 3.76. The maximum Gasteiger partial charge on any atom is 0.225 e. The van der Waals surface area contributed by atoms with Crippen molar-refractivity contribution < 1.29 is 0 Å². The van der Waals surface area contributed by atoms with Crippen LogP contribution >= 0.6 is 15.9 Å². The summed E-state index contributed by atoms with van der Waals surface area (Å²) < 4.78 is 1.04. The molecule has 84 valence electrons. The minimum absolute atomic E-state index is 0.785. The summed E-state index contributed by atoms with van der Waals surface area (Å²) in [5.41, 5.74) is 0.974. The summed E-state index contributed by atoms with van der Waals surface area (Å²) >= 11 is 3.50. The molecule has 2 aromatic rings. The van der Waals surface area contributed by atoms with Crippen LogP contribution in [0.3, 0.4) is 0 Å². The van der Waals surface area contributed by atoms with E-state index >= 15 is 0 Å². The highest BCUT2D eigenvalue weighted by Gasteiger charge is 2.05. The Morgan fingerprint density at radius 2 is 2.19 bits per heavy atom. The van der Waals surface area contributed by atoms with Gasteiger partial charge in [0.2, 0.25) is 5.95 Å². The van der Waals surface area contributed by atoms with Crippen LogP contribution in [0.1, 0.15) is 13.3 Å². The summed E-state index contributed by atoms with van der Waals surface area (Å²) in [6.45, 7) is 3.12. The zero-order chi connectivity index (χ0) is 11.5. The number of anilines is 1. The number of aromatic nitrogens is 2. The Labute approximate surface area is 104 Å². The van der Waals surface area contributed by atoms with Crippen molar-refractivity contribution in [3.05, 3.63) is 28.9 Å². The molecule has 3 nitrogen and oxygen atoms in total. The Morgan fingerprint density at radius 1 is 1.38 bits per heavy atom. The van der Waals surface area contributed by atoms with Crippen LogP contribution in [0.25, 0.3) is 10.9 Å². The van der Waals surface area contributed by atoms with E-state index in [2.05, 4.69) is 37.7 Å². The van der Waals surface area contributed by atoms with Gasteiger partial charge in [-0.3, -0.25) is 0 Å². The number of fused-ring (bicyclic) bond motifs is 1. The van der Waals surface area contributed by atoms with E-state index in [1.54, 1.807) is 0 Å². The first-order valence-corrected chi connectivity index (χ1v) is 6.14. The number of benzene rings is 1. The monoisotopic (exact) mass is 279 g/mol. The average Bonchev–Trinajstić information content (AvgIpc) is 2.29. The van der Waals surface area contributed by atoms with Crippen molar-refractivity contribution in [3.8, 4) is 0 Å². The van der Waals surface area contributed by atoms with Crippen molar-refractivity contribution in [2.45, 2.75) is 13.3 Å². The van der Waals surface area contributed by atoms with Gasteiger partial charge in [0.25, 0.3) is 0 Å². The third-order valence-electron chi connectivity index (χ3n) is 2.46. The van der Waals surface area contributed by atoms with E-state index < -0.39 is 0 Å². The normalized spacial score (nSPS) is 10.7. The van der Waals surface area contributed by atoms with E-state index in [1.807, 2.05) is 31.4 Å². The first-order valence-electron chi connectivity index (χ1n) is 5.34. The largest absolute Gasteiger partial charge is 0.344 e. The fourth-order valence-corrected chi connectivity index (χ4v) is 2.09. The first-order chi connectivity index (χ1) is 7.72. The highest BCUT2D eigenvalue weighted by atomic mass is 79.9. The molecule has 1 aromatic carbocycles. The van der Waals surface area contributed by atoms with E-state index in [1.165, 1.54) is 0 Å². The third kappa shape index (κ3) is 2.16. The molecular formula is C12H14BrN3. The van der Waals surface area contributed by atoms with E-state index in [0.29, 0.717) is 0 Å². The molecule has 0 saturated carbocycles. The van der Waals surface area contributed by atoms with Gasteiger partial charge in [-0.05, 0) is 18.6 Å². The predicted octanol–water partition coefficient (Wildman–Crippen LogP) is 3.24. The molecule has 0 aliphatic carbocycles. The van der Waals surface area contributed by atoms with Crippen LogP contribution in [0, 0.1) is 0 Å². The van der Waals surface area contributed by atoms with Crippen molar-refractivity contribution in [2.75, 3.05) is 18.5 Å². The Kier molecular flexibility index (Phi) is 3.39. The van der Waals surface area contributed by atoms with Crippen molar-refractivity contribution in [1.82, 2.24) is 9.97 Å². The Hall–Kier alpha value is -1.16. The molecular weight excluding hydrogens is 266 g/mol. The fraction of sp³-hybridized carbons (Fsp3) is 0.333. The molecule has 0 N–H and O–H groups in total. The van der Waals surface area contributed by atoms with Gasteiger partial charge < -0.3 is 4.90 Å². The molecule has 0 fully saturated rings. The zero-order valence-corrected chi connectivity index (χ0v) is 11.0. The fourth-order valence-electron chi connectivity index (χ4n) is 1.63. The molecule has 1 heterocycles. The van der Waals surface area contributed by atoms with Crippen molar-refractivity contribution in [1.29, 1.82) is 0 Å². The second kappa shape index (κ2) is 4.78. The van der Waals surface area contributed by atoms with E-state index in [9.17, 15) is 0 Å². The molecule has 2 rings (SSSR count). The van der Waals surface area contributed by atoms with Crippen LogP contribution < -0.4 is 4.90 Å². The highest BCUT2D eigenvalue weighted by Crippen LogP contribution is 2.22. The van der Waals surface area contributed by atoms with Gasteiger partial charge in [0.15, 0.2) is 0 Å². The molecule has 0 aliphatic heterocycles. The van der Waals surface area contributed by atoms with Gasteiger partial charge in [0, 0.05) is 29.6 Å². The van der Waals surface area contributed by atoms with Gasteiger partial charge in [0.05, 0.1) is 5.52 Å². The highest BCUT2D eigenvalue weighted by molar-refractivity contribution is 9.10. The molecule has 16 heavy (non-hydrogen) atoms. The van der Waals surface area contributed by atoms with Crippen molar-refractivity contribution in [2.24, 2.45) is 0 Å². The first kappa shape index (κ1) is 11.3. The summed E-state index contributed by atoms with van der Waals surface area (Å²) in [5, 5.41) is 1.05. The number of hydrogen-bond donors (Lipinski definition) is 0. The van der Waals surface area contributed by atoms with Crippen LogP contribution in [0.5, 0.6) is 0 Å². The number of rotatable bonds is 3. The third-order valence-corrected chi connectivity index (χ3v) is 3.15. The van der Waals surface area contributed by atoms with Crippen LogP contribution in [-0.2, 0) is 0 Å². The second-order valence-corrected chi connectivity index (χ2v) is 4.62. The minimum Gasteiger partial charge on any atom is -0.344 e. The summed E-state index contributed by atoms with van der Waals surface area (Å²) in [6.07, 6.45) is 2.96. The Bertz CT molecular complexity index is 499. The van der Waals surface area contributed by atoms with Gasteiger partial charge >= 0.3 is 0 Å². The standard InChI is InChI=1S/C12H14BrN3/c1-3-7-16(2)12-14-8-9-10(13)5-4-6-11(9)15-12/h4-6,8H,3,7H2,1-2H3. The summed E-state index contributed by atoms with van der Waals surface area (Å²) in [6, 6.07) is 6.00. The van der Waals surface area contributed by atoms with Gasteiger partial charge in [-0.2, -0.15) is 0 Å². The summed E-state index contributed by atoms with van der Waals surface area (Å²) in [7, 11) is 2.02. The maximum atomic E-state index is 4.54. The molecule has 0 radical (unpaired) electrons. The van der Waals surface area contributed by atoms with Gasteiger partial charge in [-0.15, -0.1) is 0 Å². The van der Waals surface area contributed by atoms with E-state index in [4.69, 9.17) is 0 Å². The number of halogens is 1. The van der Waals surface area contributed by atoms with Crippen LogP contribution in [-0.4, -0.2) is 23.6 Å². The Balaban J connectivity index is 2.44. The Morgan fingerprint density at radius 3 is 2.94 bits per heavy atom. The average molecular weight is 280 g/mol. The molecule has 0 unspecified atom stereocenters. The molecule has 0 bridgehead atoms. The summed E-state index contributed by atoms with van der Waals surface area (Å²) in [5.74, 6) is 0.785. The molecule has 0 aliphatic rings. The molecule has 1 aromatic heterocycles. The number of nitrogens with zero attached hydrogens (tertiary/aromatic N) is 3. The lowest BCUT2D eigenvalue weighted by Crippen LogP contribution is -2.20. The lowest BCUT2D eigenvalue weighted by Gasteiger charge is -2.15. The lowest BCUT2D eigenvalue weighted by molar-refractivity contribution is 0.822. The molecule has 4 heteroatoms. The SMILES string of the molecule is CCCN(C)c1ncc2c(Br)cccc2n1. The quantitative estimate of drug-likeness (QED) is 0.864. The number of hydrogen-bond acceptors (Lipinski definition) is 3. The minimum atomic E-state index is 0.785. The summed E-state index contributed by atoms with van der Waals surface area (Å²) in [4.78, 5) is 11.0. The maximum absolute atomic E-state index is 4.54. The van der Waals surface area contributed by atoms with E-state index in [0.717, 1.165) is 34.3 Å². The zero-order valence-electron chi connectivity index (χ0n) is 9.44. The van der Waals surface area contributed by atoms with Crippen LogP contribution in [0.15, 0.2) is 28.9 Å².